The van der Waals surface area contributed by atoms with E-state index in [9.17, 15) is 0 Å². The molecular weight excluding hydrogens is 302 g/mol. The zero-order chi connectivity index (χ0) is 15.8. The van der Waals surface area contributed by atoms with Gasteiger partial charge in [-0.25, -0.2) is 0 Å². The van der Waals surface area contributed by atoms with Gasteiger partial charge in [0.05, 0.1) is 31.0 Å². The highest BCUT2D eigenvalue weighted by Gasteiger charge is 2.00. The minimum absolute atomic E-state index is 0.530. The number of ether oxygens (including phenoxy) is 3. The SMILES string of the molecule is COc1ccc(OCCCCOc2ccc(Cl)c(N)c2)cc1. The summed E-state index contributed by atoms with van der Waals surface area (Å²) in [5, 5.41) is 0.542. The zero-order valence-electron chi connectivity index (χ0n) is 12.5. The molecule has 0 aromatic heterocycles. The molecule has 0 atom stereocenters. The van der Waals surface area contributed by atoms with E-state index in [0.29, 0.717) is 23.9 Å². The third kappa shape index (κ3) is 5.04. The Bertz CT molecular complexity index is 587. The lowest BCUT2D eigenvalue weighted by Crippen LogP contribution is -2.02. The fraction of sp³-hybridized carbons (Fsp3) is 0.294. The van der Waals surface area contributed by atoms with Gasteiger partial charge in [-0.3, -0.25) is 0 Å². The van der Waals surface area contributed by atoms with Crippen molar-refractivity contribution in [1.29, 1.82) is 0 Å². The van der Waals surface area contributed by atoms with E-state index >= 15 is 0 Å². The second-order valence-electron chi connectivity index (χ2n) is 4.76. The fourth-order valence-electron chi connectivity index (χ4n) is 1.87. The van der Waals surface area contributed by atoms with Gasteiger partial charge in [0.2, 0.25) is 0 Å². The maximum atomic E-state index is 5.86. The number of anilines is 1. The molecule has 2 aromatic carbocycles. The standard InChI is InChI=1S/C17H20ClNO3/c1-20-13-4-6-14(7-5-13)21-10-2-3-11-22-15-8-9-16(18)17(19)12-15/h4-9,12H,2-3,10-11,19H2,1H3. The summed E-state index contributed by atoms with van der Waals surface area (Å²) in [6.07, 6.45) is 1.81. The highest BCUT2D eigenvalue weighted by molar-refractivity contribution is 6.33. The van der Waals surface area contributed by atoms with Crippen LogP contribution < -0.4 is 19.9 Å². The molecule has 22 heavy (non-hydrogen) atoms. The van der Waals surface area contributed by atoms with E-state index in [1.807, 2.05) is 30.3 Å². The van der Waals surface area contributed by atoms with Crippen molar-refractivity contribution in [2.45, 2.75) is 12.8 Å². The zero-order valence-corrected chi connectivity index (χ0v) is 13.3. The van der Waals surface area contributed by atoms with Gasteiger partial charge in [0.25, 0.3) is 0 Å². The van der Waals surface area contributed by atoms with E-state index in [-0.39, 0.29) is 0 Å². The third-order valence-corrected chi connectivity index (χ3v) is 3.45. The van der Waals surface area contributed by atoms with Crippen LogP contribution in [0.5, 0.6) is 17.2 Å². The van der Waals surface area contributed by atoms with Gasteiger partial charge < -0.3 is 19.9 Å². The van der Waals surface area contributed by atoms with Crippen LogP contribution in [0.25, 0.3) is 0 Å². The summed E-state index contributed by atoms with van der Waals surface area (Å²) >= 11 is 5.86. The highest BCUT2D eigenvalue weighted by Crippen LogP contribution is 2.24. The normalized spacial score (nSPS) is 10.3. The van der Waals surface area contributed by atoms with Gasteiger partial charge in [-0.05, 0) is 49.2 Å². The van der Waals surface area contributed by atoms with Gasteiger partial charge >= 0.3 is 0 Å². The van der Waals surface area contributed by atoms with E-state index in [1.165, 1.54) is 0 Å². The lowest BCUT2D eigenvalue weighted by atomic mass is 10.3. The number of hydrogen-bond donors (Lipinski definition) is 1. The summed E-state index contributed by atoms with van der Waals surface area (Å²) in [6.45, 7) is 1.27. The van der Waals surface area contributed by atoms with Gasteiger partial charge in [0, 0.05) is 6.07 Å². The summed E-state index contributed by atoms with van der Waals surface area (Å²) < 4.78 is 16.4. The monoisotopic (exact) mass is 321 g/mol. The quantitative estimate of drug-likeness (QED) is 0.585. The second kappa shape index (κ2) is 8.39. The molecule has 5 heteroatoms. The number of hydrogen-bond acceptors (Lipinski definition) is 4. The van der Waals surface area contributed by atoms with Crippen LogP contribution in [0, 0.1) is 0 Å². The van der Waals surface area contributed by atoms with Crippen LogP contribution in [0.3, 0.4) is 0 Å². The Labute approximate surface area is 135 Å². The molecule has 0 aliphatic rings. The minimum atomic E-state index is 0.530. The molecule has 2 rings (SSSR count). The second-order valence-corrected chi connectivity index (χ2v) is 5.17. The minimum Gasteiger partial charge on any atom is -0.497 e. The lowest BCUT2D eigenvalue weighted by molar-refractivity contribution is 0.266. The van der Waals surface area contributed by atoms with Crippen LogP contribution in [0.4, 0.5) is 5.69 Å². The van der Waals surface area contributed by atoms with Gasteiger partial charge in [-0.2, -0.15) is 0 Å². The average molecular weight is 322 g/mol. The van der Waals surface area contributed by atoms with Crippen molar-refractivity contribution in [2.75, 3.05) is 26.1 Å². The first kappa shape index (κ1) is 16.3. The van der Waals surface area contributed by atoms with Crippen LogP contribution in [0.2, 0.25) is 5.02 Å². The first-order valence-corrected chi connectivity index (χ1v) is 7.51. The van der Waals surface area contributed by atoms with E-state index in [2.05, 4.69) is 0 Å². The summed E-state index contributed by atoms with van der Waals surface area (Å²) in [5.41, 5.74) is 6.25. The molecule has 0 saturated carbocycles. The van der Waals surface area contributed by atoms with Crippen LogP contribution in [0.15, 0.2) is 42.5 Å². The third-order valence-electron chi connectivity index (χ3n) is 3.10. The molecule has 0 bridgehead atoms. The van der Waals surface area contributed by atoms with Crippen molar-refractivity contribution in [3.05, 3.63) is 47.5 Å². The van der Waals surface area contributed by atoms with Gasteiger partial charge in [0.1, 0.15) is 17.2 Å². The topological polar surface area (TPSA) is 53.7 Å². The number of nitrogen functional groups attached to an aromatic ring is 1. The lowest BCUT2D eigenvalue weighted by Gasteiger charge is -2.09. The fourth-order valence-corrected chi connectivity index (χ4v) is 1.99. The molecule has 0 heterocycles. The number of nitrogens with two attached hydrogens (primary N) is 1. The smallest absolute Gasteiger partial charge is 0.121 e. The van der Waals surface area contributed by atoms with E-state index < -0.39 is 0 Å². The average Bonchev–Trinajstić information content (AvgIpc) is 2.54. The van der Waals surface area contributed by atoms with Gasteiger partial charge in [-0.1, -0.05) is 11.6 Å². The maximum absolute atomic E-state index is 5.86. The van der Waals surface area contributed by atoms with Crippen molar-refractivity contribution in [3.8, 4) is 17.2 Å². The molecule has 2 aromatic rings. The van der Waals surface area contributed by atoms with E-state index in [1.54, 1.807) is 19.2 Å². The molecule has 0 fully saturated rings. The first-order chi connectivity index (χ1) is 10.7. The molecule has 0 unspecified atom stereocenters. The van der Waals surface area contributed by atoms with Crippen LogP contribution in [0.1, 0.15) is 12.8 Å². The Kier molecular flexibility index (Phi) is 6.22. The number of methoxy groups -OCH3 is 1. The summed E-state index contributed by atoms with van der Waals surface area (Å²) in [7, 11) is 1.64. The van der Waals surface area contributed by atoms with E-state index in [0.717, 1.165) is 30.1 Å². The molecule has 0 aliphatic carbocycles. The van der Waals surface area contributed by atoms with Crippen LogP contribution >= 0.6 is 11.6 Å². The van der Waals surface area contributed by atoms with Crippen molar-refractivity contribution in [1.82, 2.24) is 0 Å². The van der Waals surface area contributed by atoms with Gasteiger partial charge in [-0.15, -0.1) is 0 Å². The molecule has 0 saturated heterocycles. The molecule has 0 amide bonds. The Morgan fingerprint density at radius 1 is 0.864 bits per heavy atom. The molecule has 2 N–H and O–H groups in total. The predicted molar refractivity (Wildman–Crippen MR) is 89.1 cm³/mol. The molecule has 4 nitrogen and oxygen atoms in total. The van der Waals surface area contributed by atoms with Crippen LogP contribution in [-0.4, -0.2) is 20.3 Å². The largest absolute Gasteiger partial charge is 0.497 e. The summed E-state index contributed by atoms with van der Waals surface area (Å²) in [4.78, 5) is 0. The van der Waals surface area contributed by atoms with Crippen LogP contribution in [-0.2, 0) is 0 Å². The number of halogens is 1. The Morgan fingerprint density at radius 3 is 2.00 bits per heavy atom. The summed E-state index contributed by atoms with van der Waals surface area (Å²) in [5.74, 6) is 2.40. The van der Waals surface area contributed by atoms with Crippen molar-refractivity contribution < 1.29 is 14.2 Å². The molecule has 0 aliphatic heterocycles. The number of benzene rings is 2. The van der Waals surface area contributed by atoms with Crippen molar-refractivity contribution in [2.24, 2.45) is 0 Å². The van der Waals surface area contributed by atoms with Crippen molar-refractivity contribution in [3.63, 3.8) is 0 Å². The molecule has 0 spiro atoms. The first-order valence-electron chi connectivity index (χ1n) is 7.14. The maximum Gasteiger partial charge on any atom is 0.121 e. The highest BCUT2D eigenvalue weighted by atomic mass is 35.5. The van der Waals surface area contributed by atoms with E-state index in [4.69, 9.17) is 31.5 Å². The molecule has 0 radical (unpaired) electrons. The molecular formula is C17H20ClNO3. The Hall–Kier alpha value is -2.07. The van der Waals surface area contributed by atoms with Crippen molar-refractivity contribution >= 4 is 17.3 Å². The Morgan fingerprint density at radius 2 is 1.41 bits per heavy atom. The van der Waals surface area contributed by atoms with Gasteiger partial charge in [0.15, 0.2) is 0 Å². The number of unbranched alkanes of at least 4 members (excludes halogenated alkanes) is 1. The molecule has 118 valence electrons. The number of rotatable bonds is 8. The summed E-state index contributed by atoms with van der Waals surface area (Å²) in [6, 6.07) is 12.8. The predicted octanol–water partition coefficient (Wildman–Crippen LogP) is 4.17. The Balaban J connectivity index is 1.61.